The van der Waals surface area contributed by atoms with Crippen LogP contribution >= 0.6 is 11.6 Å². The predicted octanol–water partition coefficient (Wildman–Crippen LogP) is 3.36. The van der Waals surface area contributed by atoms with Crippen LogP contribution in [-0.4, -0.2) is 16.3 Å². The Bertz CT molecular complexity index is 679. The first-order chi connectivity index (χ1) is 10.7. The van der Waals surface area contributed by atoms with E-state index >= 15 is 0 Å². The summed E-state index contributed by atoms with van der Waals surface area (Å²) in [6, 6.07) is 7.97. The smallest absolute Gasteiger partial charge is 0.285 e. The lowest BCUT2D eigenvalue weighted by Crippen LogP contribution is -2.12. The van der Waals surface area contributed by atoms with E-state index in [-0.39, 0.29) is 5.02 Å². The number of benzene rings is 1. The van der Waals surface area contributed by atoms with Crippen LogP contribution in [0.1, 0.15) is 31.2 Å². The molecule has 0 amide bonds. The van der Waals surface area contributed by atoms with Crippen LogP contribution in [0.4, 0.5) is 5.69 Å². The average molecular weight is 320 g/mol. The van der Waals surface area contributed by atoms with E-state index in [1.165, 1.54) is 19.0 Å². The van der Waals surface area contributed by atoms with Gasteiger partial charge in [0.1, 0.15) is 10.8 Å². The van der Waals surface area contributed by atoms with Gasteiger partial charge in [0.25, 0.3) is 5.56 Å². The minimum absolute atomic E-state index is 0.121. The third kappa shape index (κ3) is 3.60. The van der Waals surface area contributed by atoms with Gasteiger partial charge in [0, 0.05) is 6.54 Å². The van der Waals surface area contributed by atoms with Crippen molar-refractivity contribution in [2.24, 2.45) is 0 Å². The SMILES string of the molecule is O=c1[nH]ncc(NCc2ccc(OC3CCCC3)cc2)c1Cl. The monoisotopic (exact) mass is 319 g/mol. The predicted molar refractivity (Wildman–Crippen MR) is 86.5 cm³/mol. The highest BCUT2D eigenvalue weighted by Crippen LogP contribution is 2.24. The minimum Gasteiger partial charge on any atom is -0.490 e. The van der Waals surface area contributed by atoms with Gasteiger partial charge in [-0.3, -0.25) is 4.79 Å². The molecule has 1 aliphatic rings. The Morgan fingerprint density at radius 2 is 2.00 bits per heavy atom. The second-order valence-electron chi connectivity index (χ2n) is 5.45. The molecule has 1 aromatic carbocycles. The van der Waals surface area contributed by atoms with Crippen LogP contribution in [-0.2, 0) is 6.54 Å². The first-order valence-electron chi connectivity index (χ1n) is 7.45. The molecule has 1 aliphatic carbocycles. The third-order valence-electron chi connectivity index (χ3n) is 3.81. The van der Waals surface area contributed by atoms with Crippen LogP contribution in [0.3, 0.4) is 0 Å². The maximum Gasteiger partial charge on any atom is 0.285 e. The first kappa shape index (κ1) is 14.9. The lowest BCUT2D eigenvalue weighted by atomic mass is 10.2. The van der Waals surface area contributed by atoms with Crippen LogP contribution in [0.15, 0.2) is 35.3 Å². The molecule has 0 bridgehead atoms. The van der Waals surface area contributed by atoms with Crippen molar-refractivity contribution in [3.8, 4) is 5.75 Å². The number of aromatic nitrogens is 2. The number of nitrogens with one attached hydrogen (secondary N) is 2. The van der Waals surface area contributed by atoms with Gasteiger partial charge in [0.05, 0.1) is 18.0 Å². The maximum absolute atomic E-state index is 11.4. The number of hydrogen-bond donors (Lipinski definition) is 2. The van der Waals surface area contributed by atoms with Gasteiger partial charge in [-0.05, 0) is 43.4 Å². The number of hydrogen-bond acceptors (Lipinski definition) is 4. The highest BCUT2D eigenvalue weighted by molar-refractivity contribution is 6.32. The molecule has 0 spiro atoms. The van der Waals surface area contributed by atoms with Gasteiger partial charge in [-0.25, -0.2) is 5.10 Å². The molecule has 0 aliphatic heterocycles. The zero-order chi connectivity index (χ0) is 15.4. The quantitative estimate of drug-likeness (QED) is 0.887. The molecule has 0 unspecified atom stereocenters. The zero-order valence-electron chi connectivity index (χ0n) is 12.1. The number of ether oxygens (including phenoxy) is 1. The standard InChI is InChI=1S/C16H18ClN3O2/c17-15-14(10-19-20-16(15)21)18-9-11-5-7-13(8-6-11)22-12-3-1-2-4-12/h5-8,10,12H,1-4,9H2,(H2,18,20,21). The van der Waals surface area contributed by atoms with E-state index < -0.39 is 5.56 Å². The van der Waals surface area contributed by atoms with Crippen molar-refractivity contribution in [3.63, 3.8) is 0 Å². The summed E-state index contributed by atoms with van der Waals surface area (Å²) in [4.78, 5) is 11.4. The van der Waals surface area contributed by atoms with Crippen LogP contribution < -0.4 is 15.6 Å². The maximum atomic E-state index is 11.4. The number of aromatic amines is 1. The third-order valence-corrected chi connectivity index (χ3v) is 4.18. The van der Waals surface area contributed by atoms with E-state index in [0.717, 1.165) is 24.2 Å². The highest BCUT2D eigenvalue weighted by atomic mass is 35.5. The Morgan fingerprint density at radius 1 is 1.27 bits per heavy atom. The summed E-state index contributed by atoms with van der Waals surface area (Å²) >= 11 is 5.91. The van der Waals surface area contributed by atoms with Crippen LogP contribution in [0.5, 0.6) is 5.75 Å². The van der Waals surface area contributed by atoms with Crippen molar-refractivity contribution < 1.29 is 4.74 Å². The fourth-order valence-corrected chi connectivity index (χ4v) is 2.75. The van der Waals surface area contributed by atoms with Gasteiger partial charge in [-0.1, -0.05) is 23.7 Å². The van der Waals surface area contributed by atoms with Crippen LogP contribution in [0, 0.1) is 0 Å². The summed E-state index contributed by atoms with van der Waals surface area (Å²) in [5.74, 6) is 0.909. The Morgan fingerprint density at radius 3 is 2.73 bits per heavy atom. The van der Waals surface area contributed by atoms with E-state index in [4.69, 9.17) is 16.3 Å². The van der Waals surface area contributed by atoms with Crippen molar-refractivity contribution in [2.75, 3.05) is 5.32 Å². The Kier molecular flexibility index (Phi) is 4.63. The van der Waals surface area contributed by atoms with Gasteiger partial charge in [0.15, 0.2) is 0 Å². The molecule has 1 aromatic heterocycles. The highest BCUT2D eigenvalue weighted by Gasteiger charge is 2.16. The molecule has 3 rings (SSSR count). The molecule has 1 heterocycles. The fourth-order valence-electron chi connectivity index (χ4n) is 2.59. The summed E-state index contributed by atoms with van der Waals surface area (Å²) < 4.78 is 5.93. The second-order valence-corrected chi connectivity index (χ2v) is 5.83. The molecule has 1 fully saturated rings. The summed E-state index contributed by atoms with van der Waals surface area (Å²) in [5, 5.41) is 9.24. The van der Waals surface area contributed by atoms with E-state index in [1.54, 1.807) is 0 Å². The number of nitrogens with zero attached hydrogens (tertiary/aromatic N) is 1. The van der Waals surface area contributed by atoms with Gasteiger partial charge >= 0.3 is 0 Å². The largest absolute Gasteiger partial charge is 0.490 e. The number of H-pyrrole nitrogens is 1. The van der Waals surface area contributed by atoms with Gasteiger partial charge in [0.2, 0.25) is 0 Å². The van der Waals surface area contributed by atoms with Gasteiger partial charge in [-0.2, -0.15) is 5.10 Å². The van der Waals surface area contributed by atoms with Crippen LogP contribution in [0.2, 0.25) is 5.02 Å². The lowest BCUT2D eigenvalue weighted by Gasteiger charge is -2.13. The average Bonchev–Trinajstić information content (AvgIpc) is 3.03. The molecular formula is C16H18ClN3O2. The Balaban J connectivity index is 1.58. The number of rotatable bonds is 5. The van der Waals surface area contributed by atoms with Gasteiger partial charge in [-0.15, -0.1) is 0 Å². The van der Waals surface area contributed by atoms with Crippen molar-refractivity contribution in [1.29, 1.82) is 0 Å². The normalized spacial score (nSPS) is 15.0. The summed E-state index contributed by atoms with van der Waals surface area (Å²) in [6.07, 6.45) is 6.69. The fraction of sp³-hybridized carbons (Fsp3) is 0.375. The van der Waals surface area contributed by atoms with Crippen molar-refractivity contribution in [3.05, 3.63) is 51.4 Å². The molecule has 0 atom stereocenters. The summed E-state index contributed by atoms with van der Waals surface area (Å²) in [6.45, 7) is 0.564. The van der Waals surface area contributed by atoms with E-state index in [0.29, 0.717) is 18.3 Å². The second kappa shape index (κ2) is 6.83. The van der Waals surface area contributed by atoms with Crippen molar-refractivity contribution in [2.45, 2.75) is 38.3 Å². The molecule has 0 radical (unpaired) electrons. The molecule has 5 nitrogen and oxygen atoms in total. The molecule has 22 heavy (non-hydrogen) atoms. The molecular weight excluding hydrogens is 302 g/mol. The Labute approximate surface area is 133 Å². The van der Waals surface area contributed by atoms with Crippen molar-refractivity contribution >= 4 is 17.3 Å². The summed E-state index contributed by atoms with van der Waals surface area (Å²) in [5.41, 5.74) is 1.21. The topological polar surface area (TPSA) is 67.0 Å². The van der Waals surface area contributed by atoms with Crippen molar-refractivity contribution in [1.82, 2.24) is 10.2 Å². The lowest BCUT2D eigenvalue weighted by molar-refractivity contribution is 0.210. The van der Waals surface area contributed by atoms with Gasteiger partial charge < -0.3 is 10.1 Å². The van der Waals surface area contributed by atoms with E-state index in [1.807, 2.05) is 24.3 Å². The molecule has 116 valence electrons. The molecule has 2 aromatic rings. The molecule has 2 N–H and O–H groups in total. The number of anilines is 1. The zero-order valence-corrected chi connectivity index (χ0v) is 12.9. The van der Waals surface area contributed by atoms with E-state index in [9.17, 15) is 4.79 Å². The minimum atomic E-state index is -0.396. The van der Waals surface area contributed by atoms with E-state index in [2.05, 4.69) is 15.5 Å². The molecule has 1 saturated carbocycles. The number of halogens is 1. The summed E-state index contributed by atoms with van der Waals surface area (Å²) in [7, 11) is 0. The molecule has 0 saturated heterocycles. The Hall–Kier alpha value is -2.01. The molecule has 6 heteroatoms. The van der Waals surface area contributed by atoms with Crippen LogP contribution in [0.25, 0.3) is 0 Å². The first-order valence-corrected chi connectivity index (χ1v) is 7.83.